The van der Waals surface area contributed by atoms with Crippen molar-refractivity contribution in [3.63, 3.8) is 0 Å². The Labute approximate surface area is 154 Å². The molecule has 2 N–H and O–H groups in total. The van der Waals surface area contributed by atoms with Crippen molar-refractivity contribution in [2.45, 2.75) is 6.04 Å². The summed E-state index contributed by atoms with van der Waals surface area (Å²) in [6.07, 6.45) is 0. The standard InChI is InChI=1S/C19H22N2O3.ClH/c1-23-16-7-3-5-13(9-16)18(21-19(22)15-11-20-12-15)14-6-4-8-17(10-14)24-2;/h3-10,15,18,20H,11-12H2,1-2H3,(H,21,22);1H. The van der Waals surface area contributed by atoms with Gasteiger partial charge in [-0.15, -0.1) is 12.4 Å². The van der Waals surface area contributed by atoms with E-state index in [-0.39, 0.29) is 30.3 Å². The minimum Gasteiger partial charge on any atom is -0.497 e. The van der Waals surface area contributed by atoms with E-state index in [1.165, 1.54) is 0 Å². The van der Waals surface area contributed by atoms with E-state index in [0.29, 0.717) is 0 Å². The summed E-state index contributed by atoms with van der Waals surface area (Å²) in [6, 6.07) is 15.3. The first-order valence-corrected chi connectivity index (χ1v) is 8.00. The summed E-state index contributed by atoms with van der Waals surface area (Å²) < 4.78 is 10.6. The molecule has 2 aromatic carbocycles. The highest BCUT2D eigenvalue weighted by Crippen LogP contribution is 2.28. The van der Waals surface area contributed by atoms with Gasteiger partial charge in [0.1, 0.15) is 11.5 Å². The number of rotatable bonds is 6. The quantitative estimate of drug-likeness (QED) is 0.829. The normalized spacial score (nSPS) is 13.6. The highest BCUT2D eigenvalue weighted by molar-refractivity contribution is 5.85. The Balaban J connectivity index is 0.00000225. The van der Waals surface area contributed by atoms with Crippen LogP contribution in [0.1, 0.15) is 17.2 Å². The molecule has 3 rings (SSSR count). The van der Waals surface area contributed by atoms with Gasteiger partial charge in [-0.05, 0) is 35.4 Å². The Hall–Kier alpha value is -2.24. The Morgan fingerprint density at radius 3 is 1.96 bits per heavy atom. The number of benzene rings is 2. The molecule has 0 bridgehead atoms. The zero-order valence-corrected chi connectivity index (χ0v) is 15.1. The molecule has 1 fully saturated rings. The molecule has 1 heterocycles. The van der Waals surface area contributed by atoms with Gasteiger partial charge in [-0.3, -0.25) is 4.79 Å². The van der Waals surface area contributed by atoms with Crippen molar-refractivity contribution in [1.29, 1.82) is 0 Å². The summed E-state index contributed by atoms with van der Waals surface area (Å²) in [5.41, 5.74) is 1.95. The number of carbonyl (C=O) groups is 1. The van der Waals surface area contributed by atoms with Gasteiger partial charge in [0.05, 0.1) is 26.2 Å². The van der Waals surface area contributed by atoms with Crippen LogP contribution >= 0.6 is 12.4 Å². The van der Waals surface area contributed by atoms with Gasteiger partial charge in [0.25, 0.3) is 0 Å². The molecule has 25 heavy (non-hydrogen) atoms. The Morgan fingerprint density at radius 1 is 1.04 bits per heavy atom. The average molecular weight is 363 g/mol. The number of methoxy groups -OCH3 is 2. The van der Waals surface area contributed by atoms with Crippen LogP contribution in [0.3, 0.4) is 0 Å². The molecule has 0 aliphatic carbocycles. The zero-order chi connectivity index (χ0) is 16.9. The van der Waals surface area contributed by atoms with Gasteiger partial charge >= 0.3 is 0 Å². The fourth-order valence-corrected chi connectivity index (χ4v) is 2.74. The van der Waals surface area contributed by atoms with Crippen LogP contribution in [-0.2, 0) is 4.79 Å². The molecule has 0 radical (unpaired) electrons. The van der Waals surface area contributed by atoms with Crippen LogP contribution in [-0.4, -0.2) is 33.2 Å². The molecular weight excluding hydrogens is 340 g/mol. The van der Waals surface area contributed by atoms with Gasteiger partial charge in [-0.2, -0.15) is 0 Å². The van der Waals surface area contributed by atoms with Gasteiger partial charge in [0.2, 0.25) is 5.91 Å². The van der Waals surface area contributed by atoms with Gasteiger partial charge in [0, 0.05) is 13.1 Å². The number of ether oxygens (including phenoxy) is 2. The second-order valence-electron chi connectivity index (χ2n) is 5.85. The van der Waals surface area contributed by atoms with Crippen LogP contribution in [0.25, 0.3) is 0 Å². The van der Waals surface area contributed by atoms with Gasteiger partial charge in [-0.1, -0.05) is 24.3 Å². The molecule has 0 aromatic heterocycles. The highest BCUT2D eigenvalue weighted by Gasteiger charge is 2.28. The third-order valence-corrected chi connectivity index (χ3v) is 4.29. The average Bonchev–Trinajstić information content (AvgIpc) is 2.58. The smallest absolute Gasteiger partial charge is 0.226 e. The predicted octanol–water partition coefficient (Wildman–Crippen LogP) is 2.55. The predicted molar refractivity (Wildman–Crippen MR) is 99.6 cm³/mol. The Bertz CT molecular complexity index is 672. The fourth-order valence-electron chi connectivity index (χ4n) is 2.74. The fraction of sp³-hybridized carbons (Fsp3) is 0.316. The van der Waals surface area contributed by atoms with E-state index in [9.17, 15) is 4.79 Å². The maximum Gasteiger partial charge on any atom is 0.226 e. The van der Waals surface area contributed by atoms with E-state index in [4.69, 9.17) is 9.47 Å². The molecule has 0 unspecified atom stereocenters. The van der Waals surface area contributed by atoms with E-state index in [2.05, 4.69) is 10.6 Å². The van der Waals surface area contributed by atoms with Gasteiger partial charge < -0.3 is 20.1 Å². The summed E-state index contributed by atoms with van der Waals surface area (Å²) in [6.45, 7) is 1.46. The Kier molecular flexibility index (Phi) is 6.67. The lowest BCUT2D eigenvalue weighted by Gasteiger charge is -2.29. The van der Waals surface area contributed by atoms with E-state index in [1.54, 1.807) is 14.2 Å². The van der Waals surface area contributed by atoms with Crippen LogP contribution in [0.5, 0.6) is 11.5 Å². The maximum atomic E-state index is 12.5. The highest BCUT2D eigenvalue weighted by atomic mass is 35.5. The molecule has 0 atom stereocenters. The third kappa shape index (κ3) is 4.44. The number of carbonyl (C=O) groups excluding carboxylic acids is 1. The first-order valence-electron chi connectivity index (χ1n) is 8.00. The van der Waals surface area contributed by atoms with Crippen LogP contribution in [0.4, 0.5) is 0 Å². The summed E-state index contributed by atoms with van der Waals surface area (Å²) in [4.78, 5) is 12.5. The van der Waals surface area contributed by atoms with Crippen molar-refractivity contribution in [3.05, 3.63) is 59.7 Å². The van der Waals surface area contributed by atoms with E-state index >= 15 is 0 Å². The van der Waals surface area contributed by atoms with Crippen molar-refractivity contribution in [1.82, 2.24) is 10.6 Å². The van der Waals surface area contributed by atoms with E-state index < -0.39 is 0 Å². The molecule has 1 aliphatic heterocycles. The van der Waals surface area contributed by atoms with Crippen LogP contribution < -0.4 is 20.1 Å². The van der Waals surface area contributed by atoms with E-state index in [0.717, 1.165) is 35.7 Å². The topological polar surface area (TPSA) is 59.6 Å². The van der Waals surface area contributed by atoms with Gasteiger partial charge in [-0.25, -0.2) is 0 Å². The van der Waals surface area contributed by atoms with Crippen LogP contribution in [0, 0.1) is 5.92 Å². The Morgan fingerprint density at radius 2 is 1.56 bits per heavy atom. The monoisotopic (exact) mass is 362 g/mol. The zero-order valence-electron chi connectivity index (χ0n) is 14.3. The number of hydrogen-bond acceptors (Lipinski definition) is 4. The number of hydrogen-bond donors (Lipinski definition) is 2. The number of halogens is 1. The number of amides is 1. The minimum atomic E-state index is -0.247. The molecular formula is C19H23ClN2O3. The second-order valence-corrected chi connectivity index (χ2v) is 5.85. The molecule has 134 valence electrons. The van der Waals surface area contributed by atoms with Crippen LogP contribution in [0.2, 0.25) is 0 Å². The number of nitrogens with one attached hydrogen (secondary N) is 2. The van der Waals surface area contributed by atoms with Crippen molar-refractivity contribution < 1.29 is 14.3 Å². The lowest BCUT2D eigenvalue weighted by Crippen LogP contribution is -2.51. The summed E-state index contributed by atoms with van der Waals surface area (Å²) in [5, 5.41) is 6.29. The van der Waals surface area contributed by atoms with Crippen molar-refractivity contribution in [2.24, 2.45) is 5.92 Å². The van der Waals surface area contributed by atoms with Crippen molar-refractivity contribution in [3.8, 4) is 11.5 Å². The molecule has 6 heteroatoms. The largest absolute Gasteiger partial charge is 0.497 e. The van der Waals surface area contributed by atoms with E-state index in [1.807, 2.05) is 48.5 Å². The SMILES string of the molecule is COc1cccc(C(NC(=O)C2CNC2)c2cccc(OC)c2)c1.Cl. The summed E-state index contributed by atoms with van der Waals surface area (Å²) in [5.74, 6) is 1.62. The molecule has 1 saturated heterocycles. The van der Waals surface area contributed by atoms with Gasteiger partial charge in [0.15, 0.2) is 0 Å². The maximum absolute atomic E-state index is 12.5. The molecule has 0 saturated carbocycles. The first kappa shape index (κ1) is 19.1. The molecule has 1 amide bonds. The first-order chi connectivity index (χ1) is 11.7. The van der Waals surface area contributed by atoms with Crippen molar-refractivity contribution >= 4 is 18.3 Å². The second kappa shape index (κ2) is 8.74. The molecule has 5 nitrogen and oxygen atoms in total. The lowest BCUT2D eigenvalue weighted by molar-refractivity contribution is -0.126. The molecule has 0 spiro atoms. The van der Waals surface area contributed by atoms with Crippen molar-refractivity contribution in [2.75, 3.05) is 27.3 Å². The van der Waals surface area contributed by atoms with Crippen LogP contribution in [0.15, 0.2) is 48.5 Å². The summed E-state index contributed by atoms with van der Waals surface area (Å²) >= 11 is 0. The summed E-state index contributed by atoms with van der Waals surface area (Å²) in [7, 11) is 3.27. The molecule has 2 aromatic rings. The lowest BCUT2D eigenvalue weighted by atomic mass is 9.96. The minimum absolute atomic E-state index is 0. The third-order valence-electron chi connectivity index (χ3n) is 4.29. The molecule has 1 aliphatic rings.